The normalized spacial score (nSPS) is 31.8. The molecule has 16 heavy (non-hydrogen) atoms. The Morgan fingerprint density at radius 2 is 2.25 bits per heavy atom. The van der Waals surface area contributed by atoms with Gasteiger partial charge < -0.3 is 10.1 Å². The minimum Gasteiger partial charge on any atom is -0.383 e. The summed E-state index contributed by atoms with van der Waals surface area (Å²) in [5, 5.41) is 3.33. The minimum absolute atomic E-state index is 0.0838. The summed E-state index contributed by atoms with van der Waals surface area (Å²) in [4.78, 5) is 12.2. The summed E-state index contributed by atoms with van der Waals surface area (Å²) < 4.78 is 5.33. The van der Waals surface area contributed by atoms with E-state index >= 15 is 0 Å². The first-order valence-corrected chi connectivity index (χ1v) is 5.66. The highest BCUT2D eigenvalue weighted by Gasteiger charge is 2.51. The molecule has 1 spiro atoms. The van der Waals surface area contributed by atoms with Crippen LogP contribution in [0, 0.1) is 0 Å². The number of anilines is 1. The van der Waals surface area contributed by atoms with Gasteiger partial charge in [0.2, 0.25) is 0 Å². The summed E-state index contributed by atoms with van der Waals surface area (Å²) in [5.41, 5.74) is 1.93. The van der Waals surface area contributed by atoms with E-state index in [-0.39, 0.29) is 11.5 Å². The van der Waals surface area contributed by atoms with Gasteiger partial charge >= 0.3 is 0 Å². The molecule has 0 radical (unpaired) electrons. The second-order valence-corrected chi connectivity index (χ2v) is 4.67. The van der Waals surface area contributed by atoms with Gasteiger partial charge in [-0.05, 0) is 18.1 Å². The van der Waals surface area contributed by atoms with Crippen LogP contribution < -0.4 is 5.32 Å². The van der Waals surface area contributed by atoms with E-state index in [1.54, 1.807) is 7.11 Å². The maximum absolute atomic E-state index is 12.2. The van der Waals surface area contributed by atoms with E-state index in [4.69, 9.17) is 4.74 Å². The molecule has 84 valence electrons. The fourth-order valence-corrected chi connectivity index (χ4v) is 2.97. The average Bonchev–Trinajstić information content (AvgIpc) is 2.84. The van der Waals surface area contributed by atoms with Gasteiger partial charge in [-0.25, -0.2) is 0 Å². The first kappa shape index (κ1) is 9.85. The molecule has 2 unspecified atom stereocenters. The number of hydrogen-bond donors (Lipinski definition) is 1. The Bertz CT molecular complexity index is 443. The molecule has 1 aliphatic carbocycles. The highest BCUT2D eigenvalue weighted by Crippen LogP contribution is 2.46. The fraction of sp³-hybridized carbons (Fsp3) is 0.462. The Morgan fingerprint density at radius 1 is 1.44 bits per heavy atom. The molecule has 1 N–H and O–H groups in total. The van der Waals surface area contributed by atoms with E-state index < -0.39 is 0 Å². The number of methoxy groups -OCH3 is 1. The molecule has 3 heteroatoms. The third-order valence-electron chi connectivity index (χ3n) is 3.88. The van der Waals surface area contributed by atoms with Crippen LogP contribution in [0.4, 0.5) is 5.69 Å². The van der Waals surface area contributed by atoms with Crippen LogP contribution in [-0.4, -0.2) is 25.5 Å². The Balaban J connectivity index is 2.05. The van der Waals surface area contributed by atoms with E-state index in [2.05, 4.69) is 11.4 Å². The van der Waals surface area contributed by atoms with Gasteiger partial charge in [0.05, 0.1) is 11.5 Å². The summed E-state index contributed by atoms with van der Waals surface area (Å²) in [7, 11) is 1.69. The monoisotopic (exact) mass is 217 g/mol. The molecule has 3 rings (SSSR count). The van der Waals surface area contributed by atoms with Crippen LogP contribution in [0.3, 0.4) is 0 Å². The van der Waals surface area contributed by atoms with Crippen LogP contribution in [-0.2, 0) is 14.9 Å². The smallest absolute Gasteiger partial charge is 0.147 e. The summed E-state index contributed by atoms with van der Waals surface area (Å²) in [6, 6.07) is 8.10. The number of para-hydroxylation sites is 1. The fourth-order valence-electron chi connectivity index (χ4n) is 2.97. The quantitative estimate of drug-likeness (QED) is 0.778. The van der Waals surface area contributed by atoms with Crippen LogP contribution in [0.2, 0.25) is 0 Å². The van der Waals surface area contributed by atoms with Crippen molar-refractivity contribution in [2.45, 2.75) is 24.4 Å². The molecule has 2 aliphatic rings. The van der Waals surface area contributed by atoms with Crippen molar-refractivity contribution >= 4 is 11.5 Å². The Kier molecular flexibility index (Phi) is 2.04. The number of ketones is 1. The lowest BCUT2D eigenvalue weighted by Crippen LogP contribution is -2.33. The topological polar surface area (TPSA) is 38.3 Å². The predicted octanol–water partition coefficient (Wildman–Crippen LogP) is 1.73. The number of carbonyl (C=O) groups is 1. The van der Waals surface area contributed by atoms with Crippen molar-refractivity contribution in [2.24, 2.45) is 0 Å². The summed E-state index contributed by atoms with van der Waals surface area (Å²) in [5.74, 6) is 0.316. The van der Waals surface area contributed by atoms with Gasteiger partial charge in [0.25, 0.3) is 0 Å². The van der Waals surface area contributed by atoms with Crippen LogP contribution >= 0.6 is 0 Å². The van der Waals surface area contributed by atoms with Crippen molar-refractivity contribution in [1.82, 2.24) is 0 Å². The van der Waals surface area contributed by atoms with Gasteiger partial charge in [-0.2, -0.15) is 0 Å². The molecule has 1 saturated carbocycles. The molecule has 1 aromatic rings. The zero-order valence-corrected chi connectivity index (χ0v) is 9.32. The van der Waals surface area contributed by atoms with Crippen LogP contribution in [0.25, 0.3) is 0 Å². The van der Waals surface area contributed by atoms with E-state index in [0.717, 1.165) is 24.2 Å². The van der Waals surface area contributed by atoms with E-state index in [1.165, 1.54) is 0 Å². The second kappa shape index (κ2) is 3.32. The number of rotatable bonds is 1. The summed E-state index contributed by atoms with van der Waals surface area (Å²) in [6.07, 6.45) is 1.44. The third kappa shape index (κ3) is 1.15. The average molecular weight is 217 g/mol. The highest BCUT2D eigenvalue weighted by molar-refractivity contribution is 5.96. The van der Waals surface area contributed by atoms with Crippen molar-refractivity contribution in [3.8, 4) is 0 Å². The number of Topliss-reactive ketones (excluding diaryl/α,β-unsaturated/α-hetero) is 1. The third-order valence-corrected chi connectivity index (χ3v) is 3.88. The van der Waals surface area contributed by atoms with Crippen molar-refractivity contribution in [1.29, 1.82) is 0 Å². The maximum atomic E-state index is 12.2. The van der Waals surface area contributed by atoms with Crippen molar-refractivity contribution in [3.63, 3.8) is 0 Å². The predicted molar refractivity (Wildman–Crippen MR) is 61.6 cm³/mol. The molecule has 0 bridgehead atoms. The summed E-state index contributed by atoms with van der Waals surface area (Å²) in [6.45, 7) is 0.727. The number of hydrogen-bond acceptors (Lipinski definition) is 3. The number of ether oxygens (including phenoxy) is 1. The molecule has 1 aliphatic heterocycles. The number of benzene rings is 1. The minimum atomic E-state index is -0.322. The molecular weight excluding hydrogens is 202 g/mol. The molecule has 1 heterocycles. The molecular formula is C13H15NO2. The number of nitrogens with one attached hydrogen (secondary N) is 1. The largest absolute Gasteiger partial charge is 0.383 e. The van der Waals surface area contributed by atoms with Crippen molar-refractivity contribution < 1.29 is 9.53 Å². The van der Waals surface area contributed by atoms with Gasteiger partial charge in [0.15, 0.2) is 0 Å². The standard InChI is InChI=1S/C13H15NO2/c1-16-9-6-12(15)13(7-9)8-14-11-5-3-2-4-10(11)13/h2-5,9,14H,6-8H2,1H3. The van der Waals surface area contributed by atoms with E-state index in [9.17, 15) is 4.79 Å². The first-order chi connectivity index (χ1) is 7.76. The van der Waals surface area contributed by atoms with Gasteiger partial charge in [0.1, 0.15) is 5.78 Å². The molecule has 3 nitrogen and oxygen atoms in total. The van der Waals surface area contributed by atoms with E-state index in [0.29, 0.717) is 12.2 Å². The van der Waals surface area contributed by atoms with Crippen LogP contribution in [0.1, 0.15) is 18.4 Å². The van der Waals surface area contributed by atoms with Crippen molar-refractivity contribution in [2.75, 3.05) is 19.0 Å². The van der Waals surface area contributed by atoms with Crippen LogP contribution in [0.5, 0.6) is 0 Å². The van der Waals surface area contributed by atoms with Crippen LogP contribution in [0.15, 0.2) is 24.3 Å². The van der Waals surface area contributed by atoms with Gasteiger partial charge in [-0.1, -0.05) is 18.2 Å². The Hall–Kier alpha value is -1.35. The van der Waals surface area contributed by atoms with Crippen molar-refractivity contribution in [3.05, 3.63) is 29.8 Å². The van der Waals surface area contributed by atoms with E-state index in [1.807, 2.05) is 18.2 Å². The van der Waals surface area contributed by atoms with Gasteiger partial charge in [-0.3, -0.25) is 4.79 Å². The van der Waals surface area contributed by atoms with Gasteiger partial charge in [0, 0.05) is 25.8 Å². The second-order valence-electron chi connectivity index (χ2n) is 4.67. The molecule has 0 aromatic heterocycles. The Labute approximate surface area is 94.8 Å². The molecule has 1 aromatic carbocycles. The lowest BCUT2D eigenvalue weighted by Gasteiger charge is -2.21. The zero-order valence-electron chi connectivity index (χ0n) is 9.32. The molecule has 2 atom stereocenters. The summed E-state index contributed by atoms with van der Waals surface area (Å²) >= 11 is 0. The van der Waals surface area contributed by atoms with Gasteiger partial charge in [-0.15, -0.1) is 0 Å². The molecule has 0 saturated heterocycles. The number of fused-ring (bicyclic) bond motifs is 2. The molecule has 1 fully saturated rings. The lowest BCUT2D eigenvalue weighted by molar-refractivity contribution is -0.121. The zero-order chi connectivity index (χ0) is 11.2. The SMILES string of the molecule is COC1CC(=O)C2(CNc3ccccc32)C1. The number of carbonyl (C=O) groups excluding carboxylic acids is 1. The molecule has 0 amide bonds. The highest BCUT2D eigenvalue weighted by atomic mass is 16.5. The maximum Gasteiger partial charge on any atom is 0.147 e. The Morgan fingerprint density at radius 3 is 3.00 bits per heavy atom. The lowest BCUT2D eigenvalue weighted by atomic mass is 9.80. The first-order valence-electron chi connectivity index (χ1n) is 5.66.